The fourth-order valence-corrected chi connectivity index (χ4v) is 0.823. The first-order chi connectivity index (χ1) is 5.93. The van der Waals surface area contributed by atoms with Crippen LogP contribution >= 0.6 is 0 Å². The molecule has 4 nitrogen and oxygen atoms in total. The lowest BCUT2D eigenvalue weighted by molar-refractivity contribution is 0.197. The van der Waals surface area contributed by atoms with E-state index >= 15 is 0 Å². The minimum absolute atomic E-state index is 0.771. The van der Waals surface area contributed by atoms with Crippen molar-refractivity contribution < 1.29 is 4.74 Å². The summed E-state index contributed by atoms with van der Waals surface area (Å²) in [5.41, 5.74) is 0. The lowest BCUT2D eigenvalue weighted by Crippen LogP contribution is -2.05. The highest BCUT2D eigenvalue weighted by Gasteiger charge is 1.90. The molecule has 1 aromatic rings. The van der Waals surface area contributed by atoms with Crippen LogP contribution in [0.5, 0.6) is 0 Å². The Morgan fingerprint density at radius 3 is 3.08 bits per heavy atom. The second-order valence-electron chi connectivity index (χ2n) is 2.36. The molecule has 0 unspecified atom stereocenters. The molecule has 0 aromatic carbocycles. The van der Waals surface area contributed by atoms with E-state index in [0.717, 1.165) is 25.4 Å². The summed E-state index contributed by atoms with van der Waals surface area (Å²) in [4.78, 5) is 7.99. The number of anilines is 1. The van der Waals surface area contributed by atoms with Gasteiger partial charge < -0.3 is 10.1 Å². The zero-order valence-corrected chi connectivity index (χ0v) is 7.16. The van der Waals surface area contributed by atoms with Crippen LogP contribution in [0.4, 0.5) is 5.82 Å². The van der Waals surface area contributed by atoms with Crippen molar-refractivity contribution >= 4 is 5.82 Å². The Morgan fingerprint density at radius 2 is 2.42 bits per heavy atom. The highest BCUT2D eigenvalue weighted by atomic mass is 16.5. The molecule has 66 valence electrons. The van der Waals surface area contributed by atoms with E-state index < -0.39 is 0 Å². The van der Waals surface area contributed by atoms with Crippen LogP contribution in [0, 0.1) is 0 Å². The molecule has 0 fully saturated rings. The van der Waals surface area contributed by atoms with Gasteiger partial charge >= 0.3 is 0 Å². The van der Waals surface area contributed by atoms with E-state index in [9.17, 15) is 0 Å². The fourth-order valence-electron chi connectivity index (χ4n) is 0.823. The minimum atomic E-state index is 0.771. The number of rotatable bonds is 5. The third-order valence-corrected chi connectivity index (χ3v) is 1.39. The Kier molecular flexibility index (Phi) is 4.08. The van der Waals surface area contributed by atoms with Gasteiger partial charge in [0, 0.05) is 32.7 Å². The summed E-state index contributed by atoms with van der Waals surface area (Å²) in [5.74, 6) is 0.814. The molecule has 0 aliphatic carbocycles. The molecule has 0 spiro atoms. The van der Waals surface area contributed by atoms with Gasteiger partial charge in [0.1, 0.15) is 5.82 Å². The predicted octanol–water partition coefficient (Wildman–Crippen LogP) is 0.925. The summed E-state index contributed by atoms with van der Waals surface area (Å²) in [6.45, 7) is 1.64. The molecule has 12 heavy (non-hydrogen) atoms. The van der Waals surface area contributed by atoms with Crippen molar-refractivity contribution in [3.8, 4) is 0 Å². The molecule has 0 bridgehead atoms. The van der Waals surface area contributed by atoms with E-state index in [1.54, 1.807) is 25.7 Å². The van der Waals surface area contributed by atoms with Crippen LogP contribution in [0.25, 0.3) is 0 Å². The van der Waals surface area contributed by atoms with Gasteiger partial charge in [-0.2, -0.15) is 0 Å². The summed E-state index contributed by atoms with van der Waals surface area (Å²) in [5, 5.41) is 3.13. The molecule has 0 aliphatic rings. The van der Waals surface area contributed by atoms with Crippen LogP contribution < -0.4 is 5.32 Å². The maximum Gasteiger partial charge on any atom is 0.144 e. The predicted molar refractivity (Wildman–Crippen MR) is 47.0 cm³/mol. The fraction of sp³-hybridized carbons (Fsp3) is 0.500. The van der Waals surface area contributed by atoms with Gasteiger partial charge in [0.15, 0.2) is 0 Å². The van der Waals surface area contributed by atoms with Gasteiger partial charge in [0.2, 0.25) is 0 Å². The van der Waals surface area contributed by atoms with E-state index in [1.165, 1.54) is 0 Å². The Hall–Kier alpha value is -1.16. The number of hydrogen-bond donors (Lipinski definition) is 1. The number of methoxy groups -OCH3 is 1. The molecule has 1 N–H and O–H groups in total. The molecule has 0 saturated heterocycles. The van der Waals surface area contributed by atoms with E-state index in [0.29, 0.717) is 0 Å². The van der Waals surface area contributed by atoms with E-state index in [1.807, 2.05) is 0 Å². The first-order valence-corrected chi connectivity index (χ1v) is 3.92. The third kappa shape index (κ3) is 3.30. The van der Waals surface area contributed by atoms with Crippen molar-refractivity contribution in [2.45, 2.75) is 6.42 Å². The molecule has 1 heterocycles. The molecule has 0 saturated carbocycles. The Morgan fingerprint density at radius 1 is 1.50 bits per heavy atom. The van der Waals surface area contributed by atoms with Crippen molar-refractivity contribution in [3.05, 3.63) is 18.6 Å². The molecule has 0 radical (unpaired) electrons. The Balaban J connectivity index is 2.16. The largest absolute Gasteiger partial charge is 0.385 e. The first kappa shape index (κ1) is 8.93. The summed E-state index contributed by atoms with van der Waals surface area (Å²) < 4.78 is 4.90. The summed E-state index contributed by atoms with van der Waals surface area (Å²) >= 11 is 0. The van der Waals surface area contributed by atoms with Gasteiger partial charge in [0.05, 0.1) is 6.20 Å². The molecule has 1 rings (SSSR count). The van der Waals surface area contributed by atoms with E-state index in [4.69, 9.17) is 4.74 Å². The number of hydrogen-bond acceptors (Lipinski definition) is 4. The van der Waals surface area contributed by atoms with E-state index in [2.05, 4.69) is 15.3 Å². The number of aromatic nitrogens is 2. The summed E-state index contributed by atoms with van der Waals surface area (Å²) in [7, 11) is 1.70. The average Bonchev–Trinajstić information content (AvgIpc) is 2.14. The standard InChI is InChI=1S/C8H13N3O/c1-12-6-2-3-10-8-7-9-4-5-11-8/h4-5,7H,2-3,6H2,1H3,(H,10,11). The zero-order chi connectivity index (χ0) is 8.65. The highest BCUT2D eigenvalue weighted by Crippen LogP contribution is 1.96. The normalized spacial score (nSPS) is 9.75. The number of nitrogens with one attached hydrogen (secondary N) is 1. The van der Waals surface area contributed by atoms with Crippen LogP contribution in [0.2, 0.25) is 0 Å². The molecule has 0 amide bonds. The molecule has 0 atom stereocenters. The van der Waals surface area contributed by atoms with Crippen LogP contribution in [-0.2, 0) is 4.74 Å². The Labute approximate surface area is 72.0 Å². The SMILES string of the molecule is COCCCNc1cnccn1. The van der Waals surface area contributed by atoms with Crippen molar-refractivity contribution in [1.82, 2.24) is 9.97 Å². The van der Waals surface area contributed by atoms with Crippen LogP contribution in [0.1, 0.15) is 6.42 Å². The number of nitrogens with zero attached hydrogens (tertiary/aromatic N) is 2. The van der Waals surface area contributed by atoms with Crippen LogP contribution in [0.15, 0.2) is 18.6 Å². The van der Waals surface area contributed by atoms with Crippen LogP contribution in [0.3, 0.4) is 0 Å². The van der Waals surface area contributed by atoms with Crippen molar-refractivity contribution in [1.29, 1.82) is 0 Å². The summed E-state index contributed by atoms with van der Waals surface area (Å²) in [6.07, 6.45) is 6.00. The van der Waals surface area contributed by atoms with Gasteiger partial charge in [-0.1, -0.05) is 0 Å². The van der Waals surface area contributed by atoms with Gasteiger partial charge in [-0.3, -0.25) is 4.98 Å². The highest BCUT2D eigenvalue weighted by molar-refractivity contribution is 5.29. The van der Waals surface area contributed by atoms with E-state index in [-0.39, 0.29) is 0 Å². The maximum atomic E-state index is 4.90. The minimum Gasteiger partial charge on any atom is -0.385 e. The van der Waals surface area contributed by atoms with Gasteiger partial charge in [-0.25, -0.2) is 4.98 Å². The Bertz CT molecular complexity index is 203. The van der Waals surface area contributed by atoms with Gasteiger partial charge in [-0.05, 0) is 6.42 Å². The van der Waals surface area contributed by atoms with Crippen molar-refractivity contribution in [3.63, 3.8) is 0 Å². The molecule has 4 heteroatoms. The lowest BCUT2D eigenvalue weighted by Gasteiger charge is -2.02. The van der Waals surface area contributed by atoms with Crippen LogP contribution in [-0.4, -0.2) is 30.2 Å². The molecular weight excluding hydrogens is 154 g/mol. The lowest BCUT2D eigenvalue weighted by atomic mass is 10.4. The second-order valence-corrected chi connectivity index (χ2v) is 2.36. The van der Waals surface area contributed by atoms with Crippen molar-refractivity contribution in [2.75, 3.05) is 25.6 Å². The number of ether oxygens (including phenoxy) is 1. The van der Waals surface area contributed by atoms with Gasteiger partial charge in [0.25, 0.3) is 0 Å². The second kappa shape index (κ2) is 5.49. The van der Waals surface area contributed by atoms with Crippen molar-refractivity contribution in [2.24, 2.45) is 0 Å². The molecule has 0 aliphatic heterocycles. The molecule has 1 aromatic heterocycles. The summed E-state index contributed by atoms with van der Waals surface area (Å²) in [6, 6.07) is 0. The third-order valence-electron chi connectivity index (χ3n) is 1.39. The van der Waals surface area contributed by atoms with Gasteiger partial charge in [-0.15, -0.1) is 0 Å². The first-order valence-electron chi connectivity index (χ1n) is 3.92. The smallest absolute Gasteiger partial charge is 0.144 e. The quantitative estimate of drug-likeness (QED) is 0.662. The maximum absolute atomic E-state index is 4.90. The zero-order valence-electron chi connectivity index (χ0n) is 7.16. The monoisotopic (exact) mass is 167 g/mol. The molecular formula is C8H13N3O. The average molecular weight is 167 g/mol. The topological polar surface area (TPSA) is 47.0 Å².